The van der Waals surface area contributed by atoms with Crippen molar-refractivity contribution in [3.8, 4) is 0 Å². The lowest BCUT2D eigenvalue weighted by Gasteiger charge is -2.20. The van der Waals surface area contributed by atoms with Crippen LogP contribution >= 0.6 is 0 Å². The first-order chi connectivity index (χ1) is 16.0. The maximum Gasteiger partial charge on any atom is 0.416 e. The number of aliphatic imine (C=N–C) groups is 1. The highest BCUT2D eigenvalue weighted by atomic mass is 79.9. The Hall–Kier alpha value is -3.02. The van der Waals surface area contributed by atoms with E-state index in [0.717, 1.165) is 22.0 Å². The Morgan fingerprint density at radius 2 is 1.66 bits per heavy atom. The van der Waals surface area contributed by atoms with Gasteiger partial charge in [0.25, 0.3) is 5.91 Å². The minimum Gasteiger partial charge on any atom is -1.00 e. The molecule has 1 aliphatic rings. The van der Waals surface area contributed by atoms with Crippen molar-refractivity contribution in [2.75, 3.05) is 19.0 Å². The molecule has 0 fully saturated rings. The predicted octanol–water partition coefficient (Wildman–Crippen LogP) is 1.57. The summed E-state index contributed by atoms with van der Waals surface area (Å²) in [6, 6.07) is 17.4. The van der Waals surface area contributed by atoms with Crippen molar-refractivity contribution in [2.45, 2.75) is 17.6 Å². The summed E-state index contributed by atoms with van der Waals surface area (Å²) >= 11 is 0. The number of carbonyl (C=O) groups excluding carboxylic acids is 1. The minimum atomic E-state index is -4.52. The average Bonchev–Trinajstić information content (AvgIpc) is 3.17. The normalized spacial score (nSPS) is 14.7. The monoisotopic (exact) mass is 566 g/mol. The van der Waals surface area contributed by atoms with Crippen LogP contribution in [-0.2, 0) is 22.7 Å². The molecule has 0 radical (unpaired) electrons. The Balaban J connectivity index is 0.00000342. The van der Waals surface area contributed by atoms with Crippen LogP contribution in [-0.4, -0.2) is 38.6 Å². The van der Waals surface area contributed by atoms with Crippen molar-refractivity contribution < 1.29 is 43.4 Å². The maximum atomic E-state index is 13.3. The lowest BCUT2D eigenvalue weighted by Crippen LogP contribution is -3.00. The number of amides is 1. The number of rotatable bonds is 4. The lowest BCUT2D eigenvalue weighted by atomic mass is 10.1. The Labute approximate surface area is 211 Å². The molecule has 6 nitrogen and oxygen atoms in total. The molecule has 0 aliphatic carbocycles. The highest BCUT2D eigenvalue weighted by Crippen LogP contribution is 2.35. The van der Waals surface area contributed by atoms with Gasteiger partial charge in [-0.1, -0.05) is 36.4 Å². The molecule has 1 heterocycles. The molecule has 0 saturated carbocycles. The lowest BCUT2D eigenvalue weighted by molar-refractivity contribution is -0.137. The second kappa shape index (κ2) is 9.92. The molecule has 11 heteroatoms. The van der Waals surface area contributed by atoms with Gasteiger partial charge in [0.2, 0.25) is 10.0 Å². The number of halogens is 4. The van der Waals surface area contributed by atoms with E-state index in [1.807, 2.05) is 6.07 Å². The third-order valence-corrected chi connectivity index (χ3v) is 7.21. The number of fused-ring (bicyclic) bond motifs is 1. The predicted molar refractivity (Wildman–Crippen MR) is 122 cm³/mol. The number of benzene rings is 3. The van der Waals surface area contributed by atoms with Crippen molar-refractivity contribution >= 4 is 27.5 Å². The van der Waals surface area contributed by atoms with Gasteiger partial charge >= 0.3 is 6.18 Å². The molecule has 35 heavy (non-hydrogen) atoms. The third-order valence-electron chi connectivity index (χ3n) is 5.39. The Bertz CT molecular complexity index is 1410. The van der Waals surface area contributed by atoms with Crippen LogP contribution in [0.15, 0.2) is 82.7 Å². The van der Waals surface area contributed by atoms with Gasteiger partial charge in [0.1, 0.15) is 5.84 Å². The van der Waals surface area contributed by atoms with E-state index in [1.54, 1.807) is 18.2 Å². The Morgan fingerprint density at radius 1 is 0.971 bits per heavy atom. The number of anilines is 1. The molecule has 0 aromatic heterocycles. The van der Waals surface area contributed by atoms with Gasteiger partial charge in [-0.3, -0.25) is 4.79 Å². The number of hydrogen-bond acceptors (Lipinski definition) is 3. The first kappa shape index (κ1) is 26.6. The average molecular weight is 567 g/mol. The number of sulfonamides is 1. The first-order valence-electron chi connectivity index (χ1n) is 10.2. The summed E-state index contributed by atoms with van der Waals surface area (Å²) in [4.78, 5) is 18.8. The summed E-state index contributed by atoms with van der Waals surface area (Å²) in [5, 5.41) is 0. The topological polar surface area (TPSA) is 70.0 Å². The third kappa shape index (κ3) is 5.31. The van der Waals surface area contributed by atoms with Crippen molar-refractivity contribution in [3.63, 3.8) is 0 Å². The largest absolute Gasteiger partial charge is 1.00 e. The number of hydrogen-bond donors (Lipinski definition) is 0. The summed E-state index contributed by atoms with van der Waals surface area (Å²) in [6.45, 7) is 0.235. The van der Waals surface area contributed by atoms with Crippen molar-refractivity contribution in [3.05, 3.63) is 95.1 Å². The fourth-order valence-electron chi connectivity index (χ4n) is 3.61. The number of alkyl halides is 3. The molecule has 0 bridgehead atoms. The fourth-order valence-corrected chi connectivity index (χ4v) is 4.56. The molecule has 3 aromatic carbocycles. The van der Waals surface area contributed by atoms with E-state index in [2.05, 4.69) is 4.99 Å². The van der Waals surface area contributed by atoms with Crippen LogP contribution < -0.4 is 21.9 Å². The summed E-state index contributed by atoms with van der Waals surface area (Å²) in [6.07, 6.45) is -4.52. The van der Waals surface area contributed by atoms with Gasteiger partial charge in [-0.05, 0) is 42.0 Å². The van der Waals surface area contributed by atoms with Gasteiger partial charge in [0.05, 0.1) is 17.0 Å². The molecule has 0 N–H and O–H groups in total. The second-order valence-electron chi connectivity index (χ2n) is 7.85. The summed E-state index contributed by atoms with van der Waals surface area (Å²) in [7, 11) is -1.00. The molecule has 1 amide bonds. The minimum absolute atomic E-state index is 0. The Morgan fingerprint density at radius 3 is 2.34 bits per heavy atom. The quantitative estimate of drug-likeness (QED) is 0.480. The van der Waals surface area contributed by atoms with E-state index >= 15 is 0 Å². The molecule has 3 aromatic rings. The zero-order valence-electron chi connectivity index (χ0n) is 18.6. The fraction of sp³-hybridized carbons (Fsp3) is 0.167. The van der Waals surface area contributed by atoms with Crippen LogP contribution in [0.25, 0.3) is 0 Å². The Kier molecular flexibility index (Phi) is 7.53. The summed E-state index contributed by atoms with van der Waals surface area (Å²) in [5.74, 6) is -0.514. The van der Waals surface area contributed by atoms with Gasteiger partial charge in [0, 0.05) is 30.9 Å². The highest BCUT2D eigenvalue weighted by Gasteiger charge is 2.33. The van der Waals surface area contributed by atoms with Crippen LogP contribution in [0, 0.1) is 0 Å². The van der Waals surface area contributed by atoms with Crippen LogP contribution in [0.4, 0.5) is 18.9 Å². The standard InChI is InChI=1S/C24H20F3N3O3S.BrH/c1-29(2)34(32,33)20-11-5-8-16(13-20)23(31)28-22-21-12-4-3-7-17(21)15-30(22)19-10-6-9-18(14-19)24(25,26)27;/h3-14H,15H2,1-2H3;1H/p-1. The van der Waals surface area contributed by atoms with Gasteiger partial charge in [-0.25, -0.2) is 12.7 Å². The molecule has 0 saturated heterocycles. The van der Waals surface area contributed by atoms with Crippen molar-refractivity contribution in [1.82, 2.24) is 4.31 Å². The number of amidine groups is 1. The number of nitrogens with zero attached hydrogens (tertiary/aromatic N) is 3. The van der Waals surface area contributed by atoms with E-state index in [0.29, 0.717) is 5.56 Å². The number of carbonyl (C=O) groups is 1. The van der Waals surface area contributed by atoms with Gasteiger partial charge in [-0.2, -0.15) is 18.2 Å². The molecule has 0 spiro atoms. The molecular formula is C24H20BrF3N3O3S-. The van der Waals surface area contributed by atoms with Crippen LogP contribution in [0.3, 0.4) is 0 Å². The van der Waals surface area contributed by atoms with Crippen LogP contribution in [0.2, 0.25) is 0 Å². The van der Waals surface area contributed by atoms with Crippen LogP contribution in [0.5, 0.6) is 0 Å². The highest BCUT2D eigenvalue weighted by molar-refractivity contribution is 7.89. The second-order valence-corrected chi connectivity index (χ2v) is 10.00. The summed E-state index contributed by atoms with van der Waals surface area (Å²) in [5.41, 5.74) is 0.888. The zero-order valence-corrected chi connectivity index (χ0v) is 21.0. The van der Waals surface area contributed by atoms with Crippen LogP contribution in [0.1, 0.15) is 27.0 Å². The SMILES string of the molecule is CN(C)S(=O)(=O)c1cccc(C(=O)N=C2c3ccccc3CN2c2cccc(C(F)(F)F)c2)c1.[Br-]. The summed E-state index contributed by atoms with van der Waals surface area (Å²) < 4.78 is 65.8. The molecule has 0 atom stereocenters. The molecule has 0 unspecified atom stereocenters. The molecule has 4 rings (SSSR count). The molecular weight excluding hydrogens is 547 g/mol. The van der Waals surface area contributed by atoms with Crippen molar-refractivity contribution in [2.24, 2.45) is 4.99 Å². The van der Waals surface area contributed by atoms with Gasteiger partial charge in [-0.15, -0.1) is 0 Å². The first-order valence-corrected chi connectivity index (χ1v) is 11.6. The van der Waals surface area contributed by atoms with E-state index in [9.17, 15) is 26.4 Å². The zero-order chi connectivity index (χ0) is 24.7. The molecule has 1 aliphatic heterocycles. The van der Waals surface area contributed by atoms with Crippen molar-refractivity contribution in [1.29, 1.82) is 0 Å². The van der Waals surface area contributed by atoms with Gasteiger partial charge < -0.3 is 21.9 Å². The van der Waals surface area contributed by atoms with E-state index < -0.39 is 27.7 Å². The van der Waals surface area contributed by atoms with E-state index in [4.69, 9.17) is 0 Å². The molecule has 184 valence electrons. The van der Waals surface area contributed by atoms with E-state index in [-0.39, 0.29) is 45.5 Å². The van der Waals surface area contributed by atoms with Gasteiger partial charge in [0.15, 0.2) is 0 Å². The maximum absolute atomic E-state index is 13.3. The smallest absolute Gasteiger partial charge is 0.416 e. The van der Waals surface area contributed by atoms with E-state index in [1.165, 1.54) is 55.4 Å².